The van der Waals surface area contributed by atoms with Gasteiger partial charge in [0.2, 0.25) is 0 Å². The first kappa shape index (κ1) is 22.5. The average Bonchev–Trinajstić information content (AvgIpc) is 3.67. The number of nitrogens with zero attached hydrogens (tertiary/aromatic N) is 10. The van der Waals surface area contributed by atoms with Gasteiger partial charge < -0.3 is 14.4 Å². The van der Waals surface area contributed by atoms with E-state index in [4.69, 9.17) is 4.98 Å². The molecule has 0 saturated carbocycles. The van der Waals surface area contributed by atoms with Gasteiger partial charge in [-0.05, 0) is 18.2 Å². The number of rotatable bonds is 4. The lowest BCUT2D eigenvalue weighted by atomic mass is 10.0. The van der Waals surface area contributed by atoms with Crippen molar-refractivity contribution in [3.8, 4) is 28.3 Å². The van der Waals surface area contributed by atoms with Gasteiger partial charge in [-0.2, -0.15) is 15.5 Å². The Labute approximate surface area is 212 Å². The van der Waals surface area contributed by atoms with Crippen LogP contribution in [0.2, 0.25) is 0 Å². The van der Waals surface area contributed by atoms with Crippen molar-refractivity contribution in [3.05, 3.63) is 73.0 Å². The highest BCUT2D eigenvalue weighted by molar-refractivity contribution is 5.92. The van der Waals surface area contributed by atoms with Gasteiger partial charge in [0.05, 0.1) is 29.8 Å². The molecule has 0 radical (unpaired) electrons. The zero-order valence-electron chi connectivity index (χ0n) is 20.5. The monoisotopic (exact) mass is 492 g/mol. The molecule has 0 unspecified atom stereocenters. The number of carbonyl (C=O) groups excluding carboxylic acids is 1. The van der Waals surface area contributed by atoms with Gasteiger partial charge in [-0.15, -0.1) is 0 Å². The van der Waals surface area contributed by atoms with E-state index in [0.29, 0.717) is 37.4 Å². The van der Waals surface area contributed by atoms with Gasteiger partial charge >= 0.3 is 0 Å². The van der Waals surface area contributed by atoms with E-state index >= 15 is 0 Å². The normalized spacial score (nSPS) is 13.8. The van der Waals surface area contributed by atoms with E-state index in [-0.39, 0.29) is 5.91 Å². The lowest BCUT2D eigenvalue weighted by Gasteiger charge is -2.35. The minimum absolute atomic E-state index is 0.0461. The second kappa shape index (κ2) is 8.91. The third kappa shape index (κ3) is 4.08. The Morgan fingerprint density at radius 2 is 1.76 bits per heavy atom. The highest BCUT2D eigenvalue weighted by atomic mass is 16.2. The maximum Gasteiger partial charge on any atom is 0.274 e. The molecule has 6 heterocycles. The quantitative estimate of drug-likeness (QED) is 0.378. The van der Waals surface area contributed by atoms with Crippen LogP contribution in [-0.4, -0.2) is 70.9 Å². The first-order valence-electron chi connectivity index (χ1n) is 11.9. The van der Waals surface area contributed by atoms with Crippen LogP contribution < -0.4 is 4.90 Å². The molecule has 0 aliphatic carbocycles. The summed E-state index contributed by atoms with van der Waals surface area (Å²) in [6, 6.07) is 8.30. The van der Waals surface area contributed by atoms with E-state index in [0.717, 1.165) is 33.6 Å². The Morgan fingerprint density at radius 3 is 2.41 bits per heavy atom. The van der Waals surface area contributed by atoms with Crippen molar-refractivity contribution in [2.45, 2.75) is 0 Å². The minimum Gasteiger partial charge on any atom is -0.353 e. The molecule has 184 valence electrons. The Balaban J connectivity index is 1.25. The smallest absolute Gasteiger partial charge is 0.274 e. The molecule has 11 nitrogen and oxygen atoms in total. The van der Waals surface area contributed by atoms with Crippen LogP contribution >= 0.6 is 0 Å². The number of hydrogen-bond donors (Lipinski definition) is 0. The first-order chi connectivity index (χ1) is 18.0. The van der Waals surface area contributed by atoms with Crippen LogP contribution in [0.15, 0.2) is 61.7 Å². The van der Waals surface area contributed by atoms with Gasteiger partial charge in [0.25, 0.3) is 5.91 Å². The van der Waals surface area contributed by atoms with Gasteiger partial charge in [0.1, 0.15) is 17.6 Å². The van der Waals surface area contributed by atoms with Gasteiger partial charge in [-0.1, -0.05) is 0 Å². The third-order valence-electron chi connectivity index (χ3n) is 6.64. The van der Waals surface area contributed by atoms with Crippen molar-refractivity contribution in [3.63, 3.8) is 0 Å². The van der Waals surface area contributed by atoms with Gasteiger partial charge in [-0.25, -0.2) is 14.5 Å². The zero-order chi connectivity index (χ0) is 25.5. The topological polar surface area (TPSA) is 113 Å². The van der Waals surface area contributed by atoms with E-state index in [1.807, 2.05) is 55.8 Å². The number of amides is 1. The molecular formula is C26H24N10O. The van der Waals surface area contributed by atoms with Gasteiger partial charge in [0, 0.05) is 87.3 Å². The molecule has 11 heteroatoms. The third-order valence-corrected chi connectivity index (χ3v) is 6.64. The highest BCUT2D eigenvalue weighted by Gasteiger charge is 2.24. The van der Waals surface area contributed by atoms with E-state index < -0.39 is 0 Å². The number of imidazole rings is 1. The van der Waals surface area contributed by atoms with Crippen LogP contribution in [-0.2, 0) is 14.1 Å². The summed E-state index contributed by atoms with van der Waals surface area (Å²) in [5.74, 6) is 0.803. The zero-order valence-corrected chi connectivity index (χ0v) is 20.5. The molecule has 0 N–H and O–H groups in total. The second-order valence-corrected chi connectivity index (χ2v) is 9.12. The number of hydrogen-bond acceptors (Lipinski definition) is 7. The number of fused-ring (bicyclic) bond motifs is 1. The van der Waals surface area contributed by atoms with Crippen LogP contribution in [0.5, 0.6) is 0 Å². The summed E-state index contributed by atoms with van der Waals surface area (Å²) in [6.45, 7) is 2.58. The highest BCUT2D eigenvalue weighted by Crippen LogP contribution is 2.32. The van der Waals surface area contributed by atoms with Gasteiger partial charge in [-0.3, -0.25) is 9.48 Å². The lowest BCUT2D eigenvalue weighted by molar-refractivity contribution is 0.0741. The molecule has 1 aliphatic heterocycles. The summed E-state index contributed by atoms with van der Waals surface area (Å²) in [6.07, 6.45) is 12.5. The molecule has 1 saturated heterocycles. The van der Waals surface area contributed by atoms with Crippen molar-refractivity contribution < 1.29 is 4.79 Å². The molecular weight excluding hydrogens is 468 g/mol. The molecule has 37 heavy (non-hydrogen) atoms. The number of pyridine rings is 2. The SMILES string of the molecule is Cn1cnc(C(=O)N2CCN(c3ccc(-c4cc(-c5cnn(C)c5)cn5ncc(C#N)c45)cn3)CC2)c1. The first-order valence-corrected chi connectivity index (χ1v) is 11.9. The van der Waals surface area contributed by atoms with Crippen LogP contribution in [0.3, 0.4) is 0 Å². The molecule has 6 rings (SSSR count). The van der Waals surface area contributed by atoms with Gasteiger partial charge in [0.15, 0.2) is 0 Å². The summed E-state index contributed by atoms with van der Waals surface area (Å²) < 4.78 is 5.27. The van der Waals surface area contributed by atoms with E-state index in [9.17, 15) is 10.1 Å². The number of piperazine rings is 1. The Morgan fingerprint density at radius 1 is 0.919 bits per heavy atom. The maximum atomic E-state index is 12.7. The number of carbonyl (C=O) groups is 1. The number of aromatic nitrogens is 7. The predicted molar refractivity (Wildman–Crippen MR) is 137 cm³/mol. The predicted octanol–water partition coefficient (Wildman–Crippen LogP) is 2.36. The molecule has 0 atom stereocenters. The van der Waals surface area contributed by atoms with E-state index in [1.54, 1.807) is 38.7 Å². The minimum atomic E-state index is -0.0461. The van der Waals surface area contributed by atoms with Crippen molar-refractivity contribution in [1.82, 2.24) is 38.8 Å². The molecule has 5 aromatic rings. The van der Waals surface area contributed by atoms with Crippen molar-refractivity contribution >= 4 is 17.2 Å². The average molecular weight is 493 g/mol. The Hall–Kier alpha value is -4.98. The van der Waals surface area contributed by atoms with Crippen molar-refractivity contribution in [2.75, 3.05) is 31.1 Å². The fourth-order valence-corrected chi connectivity index (χ4v) is 4.71. The summed E-state index contributed by atoms with van der Waals surface area (Å²) in [4.78, 5) is 25.6. The summed E-state index contributed by atoms with van der Waals surface area (Å²) in [7, 11) is 3.73. The van der Waals surface area contributed by atoms with Crippen LogP contribution in [0.25, 0.3) is 27.8 Å². The van der Waals surface area contributed by atoms with Crippen molar-refractivity contribution in [1.29, 1.82) is 5.26 Å². The largest absolute Gasteiger partial charge is 0.353 e. The summed E-state index contributed by atoms with van der Waals surface area (Å²) in [5, 5.41) is 18.3. The summed E-state index contributed by atoms with van der Waals surface area (Å²) in [5.41, 5.74) is 5.38. The van der Waals surface area contributed by atoms with Crippen molar-refractivity contribution in [2.24, 2.45) is 14.1 Å². The van der Waals surface area contributed by atoms with Crippen LogP contribution in [0, 0.1) is 11.3 Å². The molecule has 1 aliphatic rings. The fraction of sp³-hybridized carbons (Fsp3) is 0.231. The van der Waals surface area contributed by atoms with Crippen LogP contribution in [0.1, 0.15) is 16.1 Å². The molecule has 0 bridgehead atoms. The molecule has 0 spiro atoms. The number of anilines is 1. The second-order valence-electron chi connectivity index (χ2n) is 9.12. The van der Waals surface area contributed by atoms with E-state index in [1.165, 1.54) is 0 Å². The molecule has 1 fully saturated rings. The fourth-order valence-electron chi connectivity index (χ4n) is 4.71. The van der Waals surface area contributed by atoms with E-state index in [2.05, 4.69) is 26.2 Å². The van der Waals surface area contributed by atoms with Crippen LogP contribution in [0.4, 0.5) is 5.82 Å². The standard InChI is InChI=1S/C26H24N10O/c1-32-16-23(29-17-32)26(37)35-7-5-34(6-8-35)24-4-3-18(11-28-24)22-9-19(21-13-30-33(2)14-21)15-36-25(22)20(10-27)12-31-36/h3-4,9,11-17H,5-8H2,1-2H3. The lowest BCUT2D eigenvalue weighted by Crippen LogP contribution is -2.49. The molecule has 1 amide bonds. The molecule has 0 aromatic carbocycles. The summed E-state index contributed by atoms with van der Waals surface area (Å²) >= 11 is 0. The Kier molecular flexibility index (Phi) is 5.41. The Bertz CT molecular complexity index is 1640. The number of nitriles is 1. The molecule has 5 aromatic heterocycles. The maximum absolute atomic E-state index is 12.7. The number of aryl methyl sites for hydroxylation is 2.